The fourth-order valence-electron chi connectivity index (χ4n) is 3.43. The molecule has 0 saturated carbocycles. The number of methoxy groups -OCH3 is 1. The molecule has 4 rings (SSSR count). The number of hydrogen-bond acceptors (Lipinski definition) is 5. The predicted molar refractivity (Wildman–Crippen MR) is 119 cm³/mol. The van der Waals surface area contributed by atoms with Crippen LogP contribution in [0.15, 0.2) is 66.7 Å². The van der Waals surface area contributed by atoms with Crippen LogP contribution in [0.1, 0.15) is 6.42 Å². The summed E-state index contributed by atoms with van der Waals surface area (Å²) in [5.41, 5.74) is 1.24. The first-order chi connectivity index (χ1) is 14.6. The molecule has 0 radical (unpaired) electrons. The molecule has 152 valence electrons. The van der Waals surface area contributed by atoms with Gasteiger partial charge in [0, 0.05) is 17.5 Å². The molecule has 3 aromatic carbocycles. The van der Waals surface area contributed by atoms with Crippen molar-refractivity contribution < 1.29 is 19.1 Å². The first-order valence-electron chi connectivity index (χ1n) is 9.47. The van der Waals surface area contributed by atoms with Gasteiger partial charge in [-0.25, -0.2) is 4.90 Å². The molecule has 7 heteroatoms. The Bertz CT molecular complexity index is 1110. The summed E-state index contributed by atoms with van der Waals surface area (Å²) >= 11 is 1.19. The molecule has 1 aliphatic rings. The van der Waals surface area contributed by atoms with Crippen LogP contribution in [0.5, 0.6) is 5.75 Å². The molecule has 1 fully saturated rings. The van der Waals surface area contributed by atoms with Crippen LogP contribution in [-0.2, 0) is 14.4 Å². The van der Waals surface area contributed by atoms with E-state index in [1.165, 1.54) is 16.7 Å². The van der Waals surface area contributed by atoms with Gasteiger partial charge in [0.25, 0.3) is 0 Å². The Morgan fingerprint density at radius 2 is 1.80 bits per heavy atom. The van der Waals surface area contributed by atoms with Gasteiger partial charge in [-0.1, -0.05) is 36.4 Å². The molecule has 6 nitrogen and oxygen atoms in total. The van der Waals surface area contributed by atoms with Gasteiger partial charge < -0.3 is 10.1 Å². The van der Waals surface area contributed by atoms with Gasteiger partial charge >= 0.3 is 0 Å². The standard InChI is InChI=1S/C23H20N2O4S/c1-29-17-11-9-16(10-12-17)25-22(27)13-20(23(25)28)30-14-21(26)24-19-8-4-6-15-5-2-3-7-18(15)19/h2-12,20H,13-14H2,1H3,(H,24,26). The van der Waals surface area contributed by atoms with Crippen molar-refractivity contribution in [3.63, 3.8) is 0 Å². The fraction of sp³-hybridized carbons (Fsp3) is 0.174. The number of hydrogen-bond donors (Lipinski definition) is 1. The second-order valence-electron chi connectivity index (χ2n) is 6.84. The largest absolute Gasteiger partial charge is 0.497 e. The smallest absolute Gasteiger partial charge is 0.247 e. The Morgan fingerprint density at radius 3 is 2.57 bits per heavy atom. The van der Waals surface area contributed by atoms with Gasteiger partial charge in [0.2, 0.25) is 17.7 Å². The summed E-state index contributed by atoms with van der Waals surface area (Å²) in [4.78, 5) is 38.8. The number of benzene rings is 3. The third-order valence-electron chi connectivity index (χ3n) is 4.92. The van der Waals surface area contributed by atoms with Gasteiger partial charge in [0.05, 0.1) is 23.8 Å². The highest BCUT2D eigenvalue weighted by atomic mass is 32.2. The Labute approximate surface area is 178 Å². The third kappa shape index (κ3) is 4.02. The fourth-order valence-corrected chi connectivity index (χ4v) is 4.37. The van der Waals surface area contributed by atoms with Crippen molar-refractivity contribution in [2.75, 3.05) is 23.1 Å². The number of amides is 3. The van der Waals surface area contributed by atoms with E-state index in [9.17, 15) is 14.4 Å². The highest BCUT2D eigenvalue weighted by Crippen LogP contribution is 2.31. The number of rotatable bonds is 6. The number of anilines is 2. The van der Waals surface area contributed by atoms with Crippen LogP contribution < -0.4 is 15.0 Å². The maximum Gasteiger partial charge on any atom is 0.247 e. The van der Waals surface area contributed by atoms with Crippen LogP contribution in [0.4, 0.5) is 11.4 Å². The summed E-state index contributed by atoms with van der Waals surface area (Å²) in [6, 6.07) is 20.3. The number of fused-ring (bicyclic) bond motifs is 1. The van der Waals surface area contributed by atoms with Crippen molar-refractivity contribution in [3.8, 4) is 5.75 Å². The van der Waals surface area contributed by atoms with Crippen LogP contribution in [0.25, 0.3) is 10.8 Å². The molecule has 1 saturated heterocycles. The second-order valence-corrected chi connectivity index (χ2v) is 8.04. The normalized spacial score (nSPS) is 16.2. The topological polar surface area (TPSA) is 75.7 Å². The lowest BCUT2D eigenvalue weighted by Crippen LogP contribution is -2.31. The number of carbonyl (C=O) groups excluding carboxylic acids is 3. The average molecular weight is 420 g/mol. The first kappa shape index (κ1) is 20.0. The van der Waals surface area contributed by atoms with Gasteiger partial charge in [-0.3, -0.25) is 14.4 Å². The molecule has 0 spiro atoms. The van der Waals surface area contributed by atoms with Crippen molar-refractivity contribution in [2.45, 2.75) is 11.7 Å². The Balaban J connectivity index is 1.39. The van der Waals surface area contributed by atoms with Gasteiger partial charge in [-0.15, -0.1) is 11.8 Å². The minimum atomic E-state index is -0.571. The average Bonchev–Trinajstić information content (AvgIpc) is 3.05. The predicted octanol–water partition coefficient (Wildman–Crippen LogP) is 3.85. The van der Waals surface area contributed by atoms with E-state index in [-0.39, 0.29) is 29.9 Å². The van der Waals surface area contributed by atoms with E-state index in [1.54, 1.807) is 31.4 Å². The van der Waals surface area contributed by atoms with Crippen molar-refractivity contribution in [1.82, 2.24) is 0 Å². The number of nitrogens with one attached hydrogen (secondary N) is 1. The third-order valence-corrected chi connectivity index (χ3v) is 6.11. The lowest BCUT2D eigenvalue weighted by molar-refractivity contribution is -0.121. The molecule has 1 unspecified atom stereocenters. The maximum absolute atomic E-state index is 12.7. The monoisotopic (exact) mass is 420 g/mol. The molecule has 1 atom stereocenters. The molecule has 30 heavy (non-hydrogen) atoms. The van der Waals surface area contributed by atoms with Crippen molar-refractivity contribution in [1.29, 1.82) is 0 Å². The van der Waals surface area contributed by atoms with Crippen LogP contribution in [0, 0.1) is 0 Å². The van der Waals surface area contributed by atoms with Gasteiger partial charge in [0.1, 0.15) is 5.75 Å². The number of ether oxygens (including phenoxy) is 1. The van der Waals surface area contributed by atoms with Crippen LogP contribution >= 0.6 is 11.8 Å². The summed E-state index contributed by atoms with van der Waals surface area (Å²) < 4.78 is 5.11. The van der Waals surface area contributed by atoms with E-state index in [1.807, 2.05) is 42.5 Å². The minimum absolute atomic E-state index is 0.0804. The highest BCUT2D eigenvalue weighted by molar-refractivity contribution is 8.01. The van der Waals surface area contributed by atoms with Gasteiger partial charge in [0.15, 0.2) is 0 Å². The highest BCUT2D eigenvalue weighted by Gasteiger charge is 2.40. The molecule has 1 aliphatic heterocycles. The summed E-state index contributed by atoms with van der Waals surface area (Å²) in [5, 5.41) is 4.33. The van der Waals surface area contributed by atoms with Gasteiger partial charge in [-0.2, -0.15) is 0 Å². The van der Waals surface area contributed by atoms with E-state index < -0.39 is 5.25 Å². The lowest BCUT2D eigenvalue weighted by Gasteiger charge is -2.15. The Kier molecular flexibility index (Phi) is 5.72. The van der Waals surface area contributed by atoms with E-state index in [0.717, 1.165) is 16.5 Å². The molecule has 0 aliphatic carbocycles. The van der Waals surface area contributed by atoms with Crippen molar-refractivity contribution >= 4 is 51.6 Å². The molecule has 3 aromatic rings. The van der Waals surface area contributed by atoms with Crippen molar-refractivity contribution in [3.05, 3.63) is 66.7 Å². The molecule has 1 N–H and O–H groups in total. The van der Waals surface area contributed by atoms with E-state index in [0.29, 0.717) is 11.4 Å². The van der Waals surface area contributed by atoms with E-state index in [2.05, 4.69) is 5.32 Å². The second kappa shape index (κ2) is 8.59. The molecule has 0 bridgehead atoms. The quantitative estimate of drug-likeness (QED) is 0.613. The van der Waals surface area contributed by atoms with Gasteiger partial charge in [-0.05, 0) is 35.7 Å². The van der Waals surface area contributed by atoms with E-state index >= 15 is 0 Å². The SMILES string of the molecule is COc1ccc(N2C(=O)CC(SCC(=O)Nc3cccc4ccccc34)C2=O)cc1. The molecule has 0 aromatic heterocycles. The van der Waals surface area contributed by atoms with E-state index in [4.69, 9.17) is 4.74 Å². The van der Waals surface area contributed by atoms with Crippen LogP contribution in [0.3, 0.4) is 0 Å². The summed E-state index contributed by atoms with van der Waals surface area (Å²) in [6.07, 6.45) is 0.0804. The summed E-state index contributed by atoms with van der Waals surface area (Å²) in [5.74, 6) is -0.0396. The van der Waals surface area contributed by atoms with Crippen LogP contribution in [-0.4, -0.2) is 35.8 Å². The minimum Gasteiger partial charge on any atom is -0.497 e. The summed E-state index contributed by atoms with van der Waals surface area (Å²) in [6.45, 7) is 0. The van der Waals surface area contributed by atoms with Crippen molar-refractivity contribution in [2.24, 2.45) is 0 Å². The number of carbonyl (C=O) groups is 3. The zero-order chi connectivity index (χ0) is 21.1. The number of nitrogens with zero attached hydrogens (tertiary/aromatic N) is 1. The van der Waals surface area contributed by atoms with Crippen LogP contribution in [0.2, 0.25) is 0 Å². The maximum atomic E-state index is 12.7. The Morgan fingerprint density at radius 1 is 1.07 bits per heavy atom. The molecular formula is C23H20N2O4S. The zero-order valence-electron chi connectivity index (χ0n) is 16.3. The lowest BCUT2D eigenvalue weighted by atomic mass is 10.1. The Hall–Kier alpha value is -3.32. The number of thioether (sulfide) groups is 1. The molecule has 3 amide bonds. The summed E-state index contributed by atoms with van der Waals surface area (Å²) in [7, 11) is 1.55. The zero-order valence-corrected chi connectivity index (χ0v) is 17.1. The molecular weight excluding hydrogens is 400 g/mol. The first-order valence-corrected chi connectivity index (χ1v) is 10.5. The molecule has 1 heterocycles. The number of imide groups is 1.